The van der Waals surface area contributed by atoms with Gasteiger partial charge in [-0.2, -0.15) is 0 Å². The molecule has 0 aromatic carbocycles. The van der Waals surface area contributed by atoms with E-state index in [1.807, 2.05) is 0 Å². The lowest BCUT2D eigenvalue weighted by Crippen LogP contribution is -2.58. The van der Waals surface area contributed by atoms with Crippen LogP contribution in [0.25, 0.3) is 0 Å². The summed E-state index contributed by atoms with van der Waals surface area (Å²) in [5, 5.41) is 37.8. The van der Waals surface area contributed by atoms with Crippen molar-refractivity contribution < 1.29 is 34.7 Å². The number of aliphatic hydroxyl groups excluding tert-OH is 4. The molecule has 1 aliphatic rings. The van der Waals surface area contributed by atoms with E-state index in [4.69, 9.17) is 9.47 Å². The maximum atomic E-state index is 11.6. The minimum Gasteiger partial charge on any atom is -0.459 e. The van der Waals surface area contributed by atoms with E-state index in [-0.39, 0.29) is 12.2 Å². The molecule has 4 N–H and O–H groups in total. The first-order valence-corrected chi connectivity index (χ1v) is 5.95. The van der Waals surface area contributed by atoms with Crippen LogP contribution in [0, 0.1) is 0 Å². The number of hydrogen-bond donors (Lipinski definition) is 4. The molecule has 0 saturated carbocycles. The molecule has 2 heterocycles. The van der Waals surface area contributed by atoms with Gasteiger partial charge in [-0.3, -0.25) is 4.98 Å². The third-order valence-electron chi connectivity index (χ3n) is 2.96. The SMILES string of the molecule is O=C(OC[C@H]1O[C@@H](O)[C@H](O)[C@@H](O)[C@@H]1O)c1cccnc1. The molecule has 1 saturated heterocycles. The Balaban J connectivity index is 1.92. The van der Waals surface area contributed by atoms with Crippen LogP contribution < -0.4 is 0 Å². The maximum Gasteiger partial charge on any atom is 0.339 e. The fourth-order valence-electron chi connectivity index (χ4n) is 1.79. The van der Waals surface area contributed by atoms with Crippen molar-refractivity contribution in [2.45, 2.75) is 30.7 Å². The number of carbonyl (C=O) groups is 1. The van der Waals surface area contributed by atoms with Crippen molar-refractivity contribution in [3.05, 3.63) is 30.1 Å². The van der Waals surface area contributed by atoms with Gasteiger partial charge in [0.05, 0.1) is 5.56 Å². The molecule has 5 atom stereocenters. The number of pyridine rings is 1. The smallest absolute Gasteiger partial charge is 0.339 e. The molecule has 0 aliphatic carbocycles. The van der Waals surface area contributed by atoms with Crippen molar-refractivity contribution in [1.82, 2.24) is 4.98 Å². The third-order valence-corrected chi connectivity index (χ3v) is 2.96. The highest BCUT2D eigenvalue weighted by Crippen LogP contribution is 2.20. The van der Waals surface area contributed by atoms with Crippen molar-refractivity contribution in [1.29, 1.82) is 0 Å². The van der Waals surface area contributed by atoms with E-state index in [0.717, 1.165) is 0 Å². The second-order valence-electron chi connectivity index (χ2n) is 4.38. The molecule has 1 aliphatic heterocycles. The lowest BCUT2D eigenvalue weighted by Gasteiger charge is -2.37. The van der Waals surface area contributed by atoms with Gasteiger partial charge in [-0.05, 0) is 12.1 Å². The van der Waals surface area contributed by atoms with Crippen LogP contribution in [0.5, 0.6) is 0 Å². The van der Waals surface area contributed by atoms with Gasteiger partial charge >= 0.3 is 5.97 Å². The molecule has 110 valence electrons. The first-order valence-electron chi connectivity index (χ1n) is 5.95. The highest BCUT2D eigenvalue weighted by atomic mass is 16.6. The average molecular weight is 285 g/mol. The number of nitrogens with zero attached hydrogens (tertiary/aromatic N) is 1. The van der Waals surface area contributed by atoms with Gasteiger partial charge in [-0.1, -0.05) is 0 Å². The van der Waals surface area contributed by atoms with Crippen LogP contribution in [0.4, 0.5) is 0 Å². The topological polar surface area (TPSA) is 129 Å². The van der Waals surface area contributed by atoms with Gasteiger partial charge in [-0.25, -0.2) is 4.79 Å². The van der Waals surface area contributed by atoms with Crippen molar-refractivity contribution in [2.24, 2.45) is 0 Å². The molecule has 8 heteroatoms. The van der Waals surface area contributed by atoms with E-state index in [0.29, 0.717) is 0 Å². The van der Waals surface area contributed by atoms with Gasteiger partial charge in [0, 0.05) is 12.4 Å². The molecule has 0 radical (unpaired) electrons. The lowest BCUT2D eigenvalue weighted by atomic mass is 9.99. The summed E-state index contributed by atoms with van der Waals surface area (Å²) in [6.45, 7) is -0.379. The van der Waals surface area contributed by atoms with E-state index >= 15 is 0 Å². The molecule has 0 unspecified atom stereocenters. The molecule has 0 amide bonds. The fourth-order valence-corrected chi connectivity index (χ4v) is 1.79. The molecule has 8 nitrogen and oxygen atoms in total. The largest absolute Gasteiger partial charge is 0.459 e. The van der Waals surface area contributed by atoms with Crippen molar-refractivity contribution in [3.63, 3.8) is 0 Å². The van der Waals surface area contributed by atoms with Crippen LogP contribution in [0.1, 0.15) is 10.4 Å². The van der Waals surface area contributed by atoms with Gasteiger partial charge in [0.2, 0.25) is 0 Å². The summed E-state index contributed by atoms with van der Waals surface area (Å²) in [6.07, 6.45) is -4.65. The standard InChI is InChI=1S/C12H15NO7/c14-8-7(20-12(18)10(16)9(8)15)5-19-11(17)6-2-1-3-13-4-6/h1-4,7-10,12,14-16,18H,5H2/t7-,8-,9+,10-,12-/m1/s1. The summed E-state index contributed by atoms with van der Waals surface area (Å²) in [6, 6.07) is 3.06. The number of ether oxygens (including phenoxy) is 2. The molecule has 0 bridgehead atoms. The Hall–Kier alpha value is -1.58. The number of aromatic nitrogens is 1. The van der Waals surface area contributed by atoms with Crippen LogP contribution in [0.3, 0.4) is 0 Å². The molecule has 0 spiro atoms. The predicted molar refractivity (Wildman–Crippen MR) is 63.4 cm³/mol. The first kappa shape index (κ1) is 14.8. The third kappa shape index (κ3) is 3.11. The Morgan fingerprint density at radius 1 is 1.25 bits per heavy atom. The summed E-state index contributed by atoms with van der Waals surface area (Å²) in [5.41, 5.74) is 0.221. The van der Waals surface area contributed by atoms with Crippen molar-refractivity contribution in [2.75, 3.05) is 6.61 Å². The van der Waals surface area contributed by atoms with Crippen LogP contribution in [-0.4, -0.2) is 68.7 Å². The molecular weight excluding hydrogens is 270 g/mol. The van der Waals surface area contributed by atoms with Crippen molar-refractivity contribution >= 4 is 5.97 Å². The Labute approximate surface area is 114 Å². The van der Waals surface area contributed by atoms with Gasteiger partial charge in [0.25, 0.3) is 0 Å². The van der Waals surface area contributed by atoms with Gasteiger partial charge in [0.1, 0.15) is 31.0 Å². The quantitative estimate of drug-likeness (QED) is 0.471. The highest BCUT2D eigenvalue weighted by Gasteiger charge is 2.43. The van der Waals surface area contributed by atoms with E-state index in [9.17, 15) is 25.2 Å². The van der Waals surface area contributed by atoms with Gasteiger partial charge in [-0.15, -0.1) is 0 Å². The molecule has 1 fully saturated rings. The predicted octanol–water partition coefficient (Wildman–Crippen LogP) is -1.96. The van der Waals surface area contributed by atoms with E-state index in [1.54, 1.807) is 6.07 Å². The minimum absolute atomic E-state index is 0.221. The number of rotatable bonds is 3. The highest BCUT2D eigenvalue weighted by molar-refractivity contribution is 5.88. The van der Waals surface area contributed by atoms with Crippen molar-refractivity contribution in [3.8, 4) is 0 Å². The zero-order chi connectivity index (χ0) is 14.7. The van der Waals surface area contributed by atoms with Crippen LogP contribution in [0.2, 0.25) is 0 Å². The second-order valence-corrected chi connectivity index (χ2v) is 4.38. The zero-order valence-corrected chi connectivity index (χ0v) is 10.4. The Kier molecular flexibility index (Phi) is 4.63. The summed E-state index contributed by atoms with van der Waals surface area (Å²) in [7, 11) is 0. The number of esters is 1. The Morgan fingerprint density at radius 3 is 2.65 bits per heavy atom. The maximum absolute atomic E-state index is 11.6. The molecular formula is C12H15NO7. The first-order chi connectivity index (χ1) is 9.50. The van der Waals surface area contributed by atoms with Gasteiger partial charge < -0.3 is 29.9 Å². The minimum atomic E-state index is -1.66. The molecule has 2 rings (SSSR count). The Bertz CT molecular complexity index is 454. The summed E-state index contributed by atoms with van der Waals surface area (Å²) in [5.74, 6) is -0.677. The average Bonchev–Trinajstić information content (AvgIpc) is 2.48. The van der Waals surface area contributed by atoms with Gasteiger partial charge in [0.15, 0.2) is 6.29 Å². The Morgan fingerprint density at radius 2 is 2.00 bits per heavy atom. The summed E-state index contributed by atoms with van der Waals surface area (Å²) < 4.78 is 9.77. The summed E-state index contributed by atoms with van der Waals surface area (Å²) >= 11 is 0. The van der Waals surface area contributed by atoms with Crippen LogP contribution >= 0.6 is 0 Å². The fraction of sp³-hybridized carbons (Fsp3) is 0.500. The summed E-state index contributed by atoms with van der Waals surface area (Å²) in [4.78, 5) is 15.4. The lowest BCUT2D eigenvalue weighted by molar-refractivity contribution is -0.286. The number of carbonyl (C=O) groups excluding carboxylic acids is 1. The second kappa shape index (κ2) is 6.25. The number of aliphatic hydroxyl groups is 4. The van der Waals surface area contributed by atoms with E-state index < -0.39 is 36.7 Å². The normalized spacial score (nSPS) is 33.7. The molecule has 1 aromatic rings. The zero-order valence-electron chi connectivity index (χ0n) is 10.4. The van der Waals surface area contributed by atoms with E-state index in [2.05, 4.69) is 4.98 Å². The number of hydrogen-bond acceptors (Lipinski definition) is 8. The van der Waals surface area contributed by atoms with Crippen LogP contribution in [-0.2, 0) is 9.47 Å². The van der Waals surface area contributed by atoms with E-state index in [1.165, 1.54) is 18.5 Å². The molecule has 20 heavy (non-hydrogen) atoms. The van der Waals surface area contributed by atoms with Crippen LogP contribution in [0.15, 0.2) is 24.5 Å². The monoisotopic (exact) mass is 285 g/mol. The molecule has 1 aromatic heterocycles.